The van der Waals surface area contributed by atoms with Crippen LogP contribution in [0.25, 0.3) is 0 Å². The lowest BCUT2D eigenvalue weighted by atomic mass is 10.1. The summed E-state index contributed by atoms with van der Waals surface area (Å²) in [4.78, 5) is 6.59. The van der Waals surface area contributed by atoms with E-state index in [0.29, 0.717) is 0 Å². The second-order valence-corrected chi connectivity index (χ2v) is 5.71. The van der Waals surface area contributed by atoms with Crippen molar-refractivity contribution in [3.63, 3.8) is 0 Å². The van der Waals surface area contributed by atoms with Gasteiger partial charge in [0.2, 0.25) is 0 Å². The van der Waals surface area contributed by atoms with E-state index < -0.39 is 0 Å². The predicted molar refractivity (Wildman–Crippen MR) is 88.8 cm³/mol. The Morgan fingerprint density at radius 1 is 1.00 bits per heavy atom. The molecular weight excluding hydrogens is 258 g/mol. The highest BCUT2D eigenvalue weighted by Gasteiger charge is 2.15. The van der Waals surface area contributed by atoms with Gasteiger partial charge in [0.1, 0.15) is 0 Å². The summed E-state index contributed by atoms with van der Waals surface area (Å²) < 4.78 is 0. The number of nitrogens with one attached hydrogen (secondary N) is 1. The second kappa shape index (κ2) is 6.61. The van der Waals surface area contributed by atoms with Crippen LogP contribution in [-0.4, -0.2) is 18.1 Å². The van der Waals surface area contributed by atoms with E-state index in [0.717, 1.165) is 0 Å². The number of nitrogens with zero attached hydrogens (tertiary/aromatic N) is 2. The van der Waals surface area contributed by atoms with Gasteiger partial charge in [-0.05, 0) is 56.0 Å². The Hall–Kier alpha value is -2.03. The molecule has 0 radical (unpaired) electrons. The number of aromatic nitrogens is 1. The third-order valence-electron chi connectivity index (χ3n) is 4.18. The molecule has 1 fully saturated rings. The molecule has 1 atom stereocenters. The average molecular weight is 281 g/mol. The van der Waals surface area contributed by atoms with Gasteiger partial charge in [0.25, 0.3) is 0 Å². The van der Waals surface area contributed by atoms with Gasteiger partial charge in [-0.2, -0.15) is 0 Å². The molecule has 110 valence electrons. The van der Waals surface area contributed by atoms with Gasteiger partial charge in [-0.3, -0.25) is 4.98 Å². The van der Waals surface area contributed by atoms with Crippen LogP contribution in [0.3, 0.4) is 0 Å². The standard InChI is InChI=1S/C18H23N3/c1-15(16-9-11-19-12-10-16)20-17-7-3-4-8-18(17)21-13-5-2-6-14-21/h3-4,7-12,15,20H,2,5-6,13-14H2,1H3. The van der Waals surface area contributed by atoms with Gasteiger partial charge in [0.05, 0.1) is 11.4 Å². The zero-order valence-corrected chi connectivity index (χ0v) is 12.6. The number of hydrogen-bond donors (Lipinski definition) is 1. The van der Waals surface area contributed by atoms with E-state index in [-0.39, 0.29) is 6.04 Å². The molecule has 0 spiro atoms. The third kappa shape index (κ3) is 3.35. The SMILES string of the molecule is CC(Nc1ccccc1N1CCCCC1)c1ccncc1. The molecular formula is C18H23N3. The van der Waals surface area contributed by atoms with Crippen LogP contribution in [0.5, 0.6) is 0 Å². The molecule has 21 heavy (non-hydrogen) atoms. The summed E-state index contributed by atoms with van der Waals surface area (Å²) in [6.45, 7) is 4.53. The van der Waals surface area contributed by atoms with Gasteiger partial charge < -0.3 is 10.2 Å². The van der Waals surface area contributed by atoms with E-state index in [2.05, 4.69) is 58.5 Å². The van der Waals surface area contributed by atoms with Crippen LogP contribution >= 0.6 is 0 Å². The number of rotatable bonds is 4. The molecule has 0 saturated carbocycles. The first kappa shape index (κ1) is 13.9. The van der Waals surface area contributed by atoms with E-state index in [1.54, 1.807) is 0 Å². The first-order valence-electron chi connectivity index (χ1n) is 7.85. The van der Waals surface area contributed by atoms with E-state index >= 15 is 0 Å². The van der Waals surface area contributed by atoms with Gasteiger partial charge in [0, 0.05) is 31.5 Å². The van der Waals surface area contributed by atoms with E-state index in [1.165, 1.54) is 49.3 Å². The molecule has 1 aliphatic heterocycles. The molecule has 1 saturated heterocycles. The number of anilines is 2. The highest BCUT2D eigenvalue weighted by atomic mass is 15.1. The first-order chi connectivity index (χ1) is 10.3. The maximum Gasteiger partial charge on any atom is 0.0602 e. The van der Waals surface area contributed by atoms with Crippen LogP contribution < -0.4 is 10.2 Å². The largest absolute Gasteiger partial charge is 0.377 e. The Kier molecular flexibility index (Phi) is 4.39. The smallest absolute Gasteiger partial charge is 0.0602 e. The van der Waals surface area contributed by atoms with Crippen molar-refractivity contribution < 1.29 is 0 Å². The van der Waals surface area contributed by atoms with Gasteiger partial charge in [-0.15, -0.1) is 0 Å². The minimum atomic E-state index is 0.277. The van der Waals surface area contributed by atoms with Gasteiger partial charge >= 0.3 is 0 Å². The molecule has 3 rings (SSSR count). The zero-order valence-electron chi connectivity index (χ0n) is 12.6. The Balaban J connectivity index is 1.79. The molecule has 2 heterocycles. The molecule has 0 bridgehead atoms. The predicted octanol–water partition coefficient (Wildman–Crippen LogP) is 4.25. The minimum absolute atomic E-state index is 0.277. The third-order valence-corrected chi connectivity index (χ3v) is 4.18. The van der Waals surface area contributed by atoms with Crippen LogP contribution in [0.2, 0.25) is 0 Å². The number of pyridine rings is 1. The number of hydrogen-bond acceptors (Lipinski definition) is 3. The molecule has 0 aliphatic carbocycles. The summed E-state index contributed by atoms with van der Waals surface area (Å²) in [6.07, 6.45) is 7.66. The molecule has 2 aromatic rings. The monoisotopic (exact) mass is 281 g/mol. The maximum atomic E-state index is 4.09. The van der Waals surface area contributed by atoms with Crippen LogP contribution in [0.4, 0.5) is 11.4 Å². The van der Waals surface area contributed by atoms with Crippen LogP contribution in [0.1, 0.15) is 37.8 Å². The molecule has 1 aromatic heterocycles. The Morgan fingerprint density at radius 2 is 1.71 bits per heavy atom. The molecule has 1 unspecified atom stereocenters. The van der Waals surface area contributed by atoms with Crippen LogP contribution in [-0.2, 0) is 0 Å². The van der Waals surface area contributed by atoms with Crippen LogP contribution in [0.15, 0.2) is 48.8 Å². The fourth-order valence-electron chi connectivity index (χ4n) is 2.97. The molecule has 1 aromatic carbocycles. The highest BCUT2D eigenvalue weighted by molar-refractivity contribution is 5.70. The van der Waals surface area contributed by atoms with Gasteiger partial charge in [-0.25, -0.2) is 0 Å². The lowest BCUT2D eigenvalue weighted by Gasteiger charge is -2.31. The van der Waals surface area contributed by atoms with Gasteiger partial charge in [0.15, 0.2) is 0 Å². The van der Waals surface area contributed by atoms with E-state index in [4.69, 9.17) is 0 Å². The Morgan fingerprint density at radius 3 is 2.48 bits per heavy atom. The summed E-state index contributed by atoms with van der Waals surface area (Å²) in [6, 6.07) is 13.1. The molecule has 1 aliphatic rings. The first-order valence-corrected chi connectivity index (χ1v) is 7.85. The number of piperidine rings is 1. The maximum absolute atomic E-state index is 4.09. The average Bonchev–Trinajstić information content (AvgIpc) is 2.57. The Bertz CT molecular complexity index is 562. The van der Waals surface area contributed by atoms with Crippen molar-refractivity contribution in [2.75, 3.05) is 23.3 Å². The summed E-state index contributed by atoms with van der Waals surface area (Å²) in [5.41, 5.74) is 3.82. The van der Waals surface area contributed by atoms with Gasteiger partial charge in [-0.1, -0.05) is 12.1 Å². The molecule has 0 amide bonds. The topological polar surface area (TPSA) is 28.2 Å². The summed E-state index contributed by atoms with van der Waals surface area (Å²) in [7, 11) is 0. The van der Waals surface area contributed by atoms with Crippen molar-refractivity contribution in [2.24, 2.45) is 0 Å². The van der Waals surface area contributed by atoms with E-state index in [1.807, 2.05) is 12.4 Å². The van der Waals surface area contributed by atoms with Crippen molar-refractivity contribution in [3.8, 4) is 0 Å². The molecule has 3 nitrogen and oxygen atoms in total. The fraction of sp³-hybridized carbons (Fsp3) is 0.389. The Labute approximate surface area is 127 Å². The van der Waals surface area contributed by atoms with Crippen molar-refractivity contribution in [2.45, 2.75) is 32.2 Å². The molecule has 3 heteroatoms. The van der Waals surface area contributed by atoms with Crippen molar-refractivity contribution in [3.05, 3.63) is 54.4 Å². The van der Waals surface area contributed by atoms with E-state index in [9.17, 15) is 0 Å². The van der Waals surface area contributed by atoms with Crippen LogP contribution in [0, 0.1) is 0 Å². The van der Waals surface area contributed by atoms with Crippen molar-refractivity contribution >= 4 is 11.4 Å². The number of benzene rings is 1. The number of para-hydroxylation sites is 2. The highest BCUT2D eigenvalue weighted by Crippen LogP contribution is 2.30. The summed E-state index contributed by atoms with van der Waals surface area (Å²) >= 11 is 0. The van der Waals surface area contributed by atoms with Crippen molar-refractivity contribution in [1.82, 2.24) is 4.98 Å². The summed E-state index contributed by atoms with van der Waals surface area (Å²) in [5, 5.41) is 3.65. The summed E-state index contributed by atoms with van der Waals surface area (Å²) in [5.74, 6) is 0. The minimum Gasteiger partial charge on any atom is -0.377 e. The lowest BCUT2D eigenvalue weighted by molar-refractivity contribution is 0.578. The zero-order chi connectivity index (χ0) is 14.5. The molecule has 1 N–H and O–H groups in total. The van der Waals surface area contributed by atoms with Crippen molar-refractivity contribution in [1.29, 1.82) is 0 Å². The second-order valence-electron chi connectivity index (χ2n) is 5.71. The lowest BCUT2D eigenvalue weighted by Crippen LogP contribution is -2.30. The normalized spacial score (nSPS) is 16.5. The fourth-order valence-corrected chi connectivity index (χ4v) is 2.97. The quantitative estimate of drug-likeness (QED) is 0.908.